The highest BCUT2D eigenvalue weighted by atomic mass is 15.2. The van der Waals surface area contributed by atoms with E-state index in [0.29, 0.717) is 12.1 Å². The van der Waals surface area contributed by atoms with Gasteiger partial charge in [0.25, 0.3) is 0 Å². The fraction of sp³-hybridized carbons (Fsp3) is 0.769. The SMILES string of the molecule is CN1CCCC1Cn1cncc1[C@@H]1CCCN1. The van der Waals surface area contributed by atoms with E-state index in [1.165, 1.54) is 37.9 Å². The summed E-state index contributed by atoms with van der Waals surface area (Å²) >= 11 is 0. The number of hydrogen-bond acceptors (Lipinski definition) is 3. The van der Waals surface area contributed by atoms with Gasteiger partial charge in [0.1, 0.15) is 0 Å². The van der Waals surface area contributed by atoms with Crippen molar-refractivity contribution in [3.63, 3.8) is 0 Å². The van der Waals surface area contributed by atoms with E-state index in [1.807, 2.05) is 12.5 Å². The summed E-state index contributed by atoms with van der Waals surface area (Å²) in [7, 11) is 2.24. The highest BCUT2D eigenvalue weighted by Gasteiger charge is 2.24. The molecule has 1 aromatic heterocycles. The van der Waals surface area contributed by atoms with E-state index in [0.717, 1.165) is 13.1 Å². The third kappa shape index (κ3) is 2.24. The van der Waals surface area contributed by atoms with Gasteiger partial charge in [-0.05, 0) is 45.8 Å². The van der Waals surface area contributed by atoms with Crippen LogP contribution < -0.4 is 5.32 Å². The lowest BCUT2D eigenvalue weighted by Gasteiger charge is -2.22. The summed E-state index contributed by atoms with van der Waals surface area (Å²) in [4.78, 5) is 6.82. The minimum Gasteiger partial charge on any atom is -0.332 e. The Morgan fingerprint density at radius 2 is 2.35 bits per heavy atom. The molecule has 0 amide bonds. The molecule has 4 heteroatoms. The zero-order valence-electron chi connectivity index (χ0n) is 10.6. The smallest absolute Gasteiger partial charge is 0.0949 e. The van der Waals surface area contributed by atoms with E-state index < -0.39 is 0 Å². The minimum atomic E-state index is 0.532. The standard InChI is InChI=1S/C13H22N4/c1-16-7-3-4-11(16)9-17-10-14-8-13(17)12-5-2-6-15-12/h8,10-12,15H,2-7,9H2,1H3/t11?,12-/m0/s1. The first kappa shape index (κ1) is 11.2. The molecule has 2 aliphatic rings. The summed E-state index contributed by atoms with van der Waals surface area (Å²) in [5.41, 5.74) is 1.38. The summed E-state index contributed by atoms with van der Waals surface area (Å²) in [5.74, 6) is 0. The predicted molar refractivity (Wildman–Crippen MR) is 67.9 cm³/mol. The largest absolute Gasteiger partial charge is 0.332 e. The molecule has 2 atom stereocenters. The van der Waals surface area contributed by atoms with Crippen LogP contribution in [0.1, 0.15) is 37.4 Å². The maximum atomic E-state index is 4.34. The van der Waals surface area contributed by atoms with Crippen molar-refractivity contribution >= 4 is 0 Å². The maximum Gasteiger partial charge on any atom is 0.0949 e. The van der Waals surface area contributed by atoms with Gasteiger partial charge in [-0.25, -0.2) is 4.98 Å². The second-order valence-electron chi connectivity index (χ2n) is 5.40. The minimum absolute atomic E-state index is 0.532. The number of likely N-dealkylation sites (tertiary alicyclic amines) is 1. The molecule has 1 aromatic rings. The van der Waals surface area contributed by atoms with Crippen LogP contribution in [0.5, 0.6) is 0 Å². The van der Waals surface area contributed by atoms with Gasteiger partial charge in [0.15, 0.2) is 0 Å². The van der Waals surface area contributed by atoms with E-state index in [1.54, 1.807) is 0 Å². The molecule has 0 spiro atoms. The molecule has 2 saturated heterocycles. The van der Waals surface area contributed by atoms with Crippen LogP contribution in [0.25, 0.3) is 0 Å². The molecule has 0 aromatic carbocycles. The zero-order chi connectivity index (χ0) is 11.7. The van der Waals surface area contributed by atoms with E-state index in [9.17, 15) is 0 Å². The second-order valence-corrected chi connectivity index (χ2v) is 5.40. The Labute approximate surface area is 103 Å². The van der Waals surface area contributed by atoms with Crippen molar-refractivity contribution in [3.05, 3.63) is 18.2 Å². The average Bonchev–Trinajstić information content (AvgIpc) is 3.02. The highest BCUT2D eigenvalue weighted by molar-refractivity contribution is 5.07. The van der Waals surface area contributed by atoms with Gasteiger partial charge in [-0.1, -0.05) is 0 Å². The Morgan fingerprint density at radius 1 is 1.41 bits per heavy atom. The molecule has 94 valence electrons. The Bertz CT molecular complexity index is 367. The number of nitrogens with zero attached hydrogens (tertiary/aromatic N) is 3. The molecular formula is C13H22N4. The fourth-order valence-electron chi connectivity index (χ4n) is 3.15. The van der Waals surface area contributed by atoms with Crippen LogP contribution in [-0.4, -0.2) is 40.6 Å². The Morgan fingerprint density at radius 3 is 3.06 bits per heavy atom. The van der Waals surface area contributed by atoms with Gasteiger partial charge < -0.3 is 14.8 Å². The Balaban J connectivity index is 1.72. The Hall–Kier alpha value is -0.870. The molecule has 1 unspecified atom stereocenters. The summed E-state index contributed by atoms with van der Waals surface area (Å²) in [5, 5.41) is 3.56. The van der Waals surface area contributed by atoms with E-state index in [-0.39, 0.29) is 0 Å². The molecule has 3 rings (SSSR count). The number of imidazole rings is 1. The first-order valence-corrected chi connectivity index (χ1v) is 6.78. The highest BCUT2D eigenvalue weighted by Crippen LogP contribution is 2.24. The molecule has 2 fully saturated rings. The molecule has 0 bridgehead atoms. The van der Waals surface area contributed by atoms with Crippen molar-refractivity contribution in [2.24, 2.45) is 0 Å². The lowest BCUT2D eigenvalue weighted by Crippen LogP contribution is -2.30. The van der Waals surface area contributed by atoms with Crippen molar-refractivity contribution in [2.45, 2.75) is 44.3 Å². The molecule has 0 aliphatic carbocycles. The molecule has 3 heterocycles. The van der Waals surface area contributed by atoms with Crippen LogP contribution in [-0.2, 0) is 6.54 Å². The van der Waals surface area contributed by atoms with Gasteiger partial charge in [-0.15, -0.1) is 0 Å². The topological polar surface area (TPSA) is 33.1 Å². The van der Waals surface area contributed by atoms with Crippen molar-refractivity contribution in [1.29, 1.82) is 0 Å². The monoisotopic (exact) mass is 234 g/mol. The van der Waals surface area contributed by atoms with Crippen LogP contribution in [0.15, 0.2) is 12.5 Å². The van der Waals surface area contributed by atoms with Crippen molar-refractivity contribution in [2.75, 3.05) is 20.1 Å². The first-order valence-electron chi connectivity index (χ1n) is 6.78. The van der Waals surface area contributed by atoms with Crippen LogP contribution in [0, 0.1) is 0 Å². The molecule has 17 heavy (non-hydrogen) atoms. The van der Waals surface area contributed by atoms with Crippen LogP contribution >= 0.6 is 0 Å². The number of aromatic nitrogens is 2. The molecule has 0 radical (unpaired) electrons. The number of hydrogen-bond donors (Lipinski definition) is 1. The first-order chi connectivity index (χ1) is 8.34. The van der Waals surface area contributed by atoms with E-state index in [4.69, 9.17) is 0 Å². The van der Waals surface area contributed by atoms with Gasteiger partial charge in [0, 0.05) is 24.8 Å². The fourth-order valence-corrected chi connectivity index (χ4v) is 3.15. The quantitative estimate of drug-likeness (QED) is 0.858. The number of rotatable bonds is 3. The van der Waals surface area contributed by atoms with Crippen LogP contribution in [0.2, 0.25) is 0 Å². The summed E-state index contributed by atoms with van der Waals surface area (Å²) in [6.07, 6.45) is 9.25. The van der Waals surface area contributed by atoms with Gasteiger partial charge in [0.2, 0.25) is 0 Å². The average molecular weight is 234 g/mol. The van der Waals surface area contributed by atoms with Gasteiger partial charge in [-0.2, -0.15) is 0 Å². The van der Waals surface area contributed by atoms with Crippen molar-refractivity contribution < 1.29 is 0 Å². The summed E-state index contributed by atoms with van der Waals surface area (Å²) in [6.45, 7) is 3.50. The van der Waals surface area contributed by atoms with Crippen LogP contribution in [0.4, 0.5) is 0 Å². The van der Waals surface area contributed by atoms with Gasteiger partial charge in [-0.3, -0.25) is 0 Å². The van der Waals surface area contributed by atoms with Crippen LogP contribution in [0.3, 0.4) is 0 Å². The molecule has 0 saturated carbocycles. The van der Waals surface area contributed by atoms with Crippen molar-refractivity contribution in [1.82, 2.24) is 19.8 Å². The normalized spacial score (nSPS) is 30.2. The number of nitrogens with one attached hydrogen (secondary N) is 1. The van der Waals surface area contributed by atoms with Crippen molar-refractivity contribution in [3.8, 4) is 0 Å². The number of likely N-dealkylation sites (N-methyl/N-ethyl adjacent to an activating group) is 1. The maximum absolute atomic E-state index is 4.34. The van der Waals surface area contributed by atoms with E-state index >= 15 is 0 Å². The second kappa shape index (κ2) is 4.78. The van der Waals surface area contributed by atoms with E-state index in [2.05, 4.69) is 26.8 Å². The zero-order valence-corrected chi connectivity index (χ0v) is 10.6. The molecular weight excluding hydrogens is 212 g/mol. The lowest BCUT2D eigenvalue weighted by atomic mass is 10.1. The molecule has 2 aliphatic heterocycles. The summed E-state index contributed by atoms with van der Waals surface area (Å²) in [6, 6.07) is 1.23. The third-order valence-corrected chi connectivity index (χ3v) is 4.24. The third-order valence-electron chi connectivity index (χ3n) is 4.24. The van der Waals surface area contributed by atoms with Gasteiger partial charge >= 0.3 is 0 Å². The molecule has 4 nitrogen and oxygen atoms in total. The Kier molecular flexibility index (Phi) is 3.16. The van der Waals surface area contributed by atoms with Gasteiger partial charge in [0.05, 0.1) is 12.0 Å². The lowest BCUT2D eigenvalue weighted by molar-refractivity contribution is 0.278. The molecule has 1 N–H and O–H groups in total. The predicted octanol–water partition coefficient (Wildman–Crippen LogP) is 1.40. The summed E-state index contributed by atoms with van der Waals surface area (Å²) < 4.78 is 2.36.